The van der Waals surface area contributed by atoms with E-state index in [4.69, 9.17) is 53.9 Å². The predicted octanol–water partition coefficient (Wildman–Crippen LogP) is 8.08. The number of oxime groups is 1. The van der Waals surface area contributed by atoms with E-state index >= 15 is 0 Å². The Bertz CT molecular complexity index is 1200. The average molecular weight is 640 g/mol. The largest absolute Gasteiger partial charge is 0.489 e. The van der Waals surface area contributed by atoms with Crippen LogP contribution in [-0.2, 0) is 11.0 Å². The Morgan fingerprint density at radius 2 is 1.85 bits per heavy atom. The topological polar surface area (TPSA) is 62.2 Å². The van der Waals surface area contributed by atoms with Gasteiger partial charge in [-0.3, -0.25) is 0 Å². The van der Waals surface area contributed by atoms with Gasteiger partial charge in [-0.1, -0.05) is 40.0 Å². The van der Waals surface area contributed by atoms with Crippen molar-refractivity contribution in [3.63, 3.8) is 0 Å². The molecule has 1 aromatic heterocycles. The number of nitrogens with zero attached hydrogens (tertiary/aromatic N) is 2. The number of ether oxygens (including phenoxy) is 3. The molecular weight excluding hydrogens is 620 g/mol. The Morgan fingerprint density at radius 1 is 1.10 bits per heavy atom. The van der Waals surface area contributed by atoms with Crippen LogP contribution in [0, 0.1) is 0 Å². The van der Waals surface area contributed by atoms with Gasteiger partial charge in [0.15, 0.2) is 0 Å². The Balaban J connectivity index is 1.63. The van der Waals surface area contributed by atoms with Crippen molar-refractivity contribution in [3.8, 4) is 17.4 Å². The van der Waals surface area contributed by atoms with Gasteiger partial charge in [0.25, 0.3) is 0 Å². The first-order valence-electron chi connectivity index (χ1n) is 11.4. The number of pyridine rings is 1. The molecule has 1 aliphatic rings. The minimum atomic E-state index is -5.13. The molecule has 2 atom stereocenters. The van der Waals surface area contributed by atoms with Crippen molar-refractivity contribution >= 4 is 40.5 Å². The van der Waals surface area contributed by atoms with Crippen molar-refractivity contribution in [2.45, 2.75) is 43.9 Å². The van der Waals surface area contributed by atoms with Gasteiger partial charge >= 0.3 is 12.4 Å². The van der Waals surface area contributed by atoms with Crippen LogP contribution < -0.4 is 14.2 Å². The second kappa shape index (κ2) is 13.8. The molecule has 0 amide bonds. The molecule has 40 heavy (non-hydrogen) atoms. The van der Waals surface area contributed by atoms with E-state index in [1.807, 2.05) is 0 Å². The Morgan fingerprint density at radius 3 is 2.48 bits per heavy atom. The van der Waals surface area contributed by atoms with Crippen molar-refractivity contribution in [3.05, 3.63) is 57.2 Å². The minimum absolute atomic E-state index is 0.0147. The zero-order chi connectivity index (χ0) is 29.5. The summed E-state index contributed by atoms with van der Waals surface area (Å²) in [5.74, 6) is -0.0539. The van der Waals surface area contributed by atoms with E-state index in [0.717, 1.165) is 12.1 Å². The van der Waals surface area contributed by atoms with Crippen LogP contribution in [0.15, 0.2) is 46.2 Å². The minimum Gasteiger partial charge on any atom is -0.489 e. The number of aromatic nitrogens is 1. The molecule has 0 spiro atoms. The van der Waals surface area contributed by atoms with Crippen molar-refractivity contribution in [2.24, 2.45) is 5.16 Å². The molecule has 1 aliphatic heterocycles. The number of alkyl halides is 7. The molecule has 0 N–H and O–H groups in total. The lowest BCUT2D eigenvalue weighted by Gasteiger charge is -2.18. The summed E-state index contributed by atoms with van der Waals surface area (Å²) in [6, 6.07) is 4.61. The maximum atomic E-state index is 13.5. The molecule has 0 saturated carbocycles. The van der Waals surface area contributed by atoms with Crippen LogP contribution in [0.25, 0.3) is 0 Å². The van der Waals surface area contributed by atoms with Crippen LogP contribution in [0.4, 0.5) is 30.7 Å². The van der Waals surface area contributed by atoms with E-state index in [1.54, 1.807) is 0 Å². The predicted molar refractivity (Wildman–Crippen MR) is 133 cm³/mol. The van der Waals surface area contributed by atoms with Crippen molar-refractivity contribution < 1.29 is 49.8 Å². The molecule has 0 saturated heterocycles. The summed E-state index contributed by atoms with van der Waals surface area (Å²) in [5.41, 5.74) is -0.516. The number of rotatable bonds is 12. The van der Waals surface area contributed by atoms with Crippen molar-refractivity contribution in [1.82, 2.24) is 4.98 Å². The summed E-state index contributed by atoms with van der Waals surface area (Å²) in [6.45, 7) is -1.28. The number of hydrogen-bond donors (Lipinski definition) is 0. The summed E-state index contributed by atoms with van der Waals surface area (Å²) < 4.78 is 105. The molecule has 3 rings (SSSR count). The molecule has 220 valence electrons. The highest BCUT2D eigenvalue weighted by atomic mass is 35.5. The van der Waals surface area contributed by atoms with E-state index in [9.17, 15) is 30.7 Å². The van der Waals surface area contributed by atoms with E-state index in [-0.39, 0.29) is 57.8 Å². The SMILES string of the molecule is FC(COc1c(Cl)cc(OCC=C(Cl)Cl)cc1C1=NOC(CCCOc2ccc(C(F)(F)F)cn2)C1)C(F)(F)F. The van der Waals surface area contributed by atoms with Crippen LogP contribution >= 0.6 is 34.8 Å². The highest BCUT2D eigenvalue weighted by Gasteiger charge is 2.41. The maximum Gasteiger partial charge on any atom is 0.423 e. The summed E-state index contributed by atoms with van der Waals surface area (Å²) in [7, 11) is 0. The quantitative estimate of drug-likeness (QED) is 0.174. The first kappa shape index (κ1) is 31.9. The summed E-state index contributed by atoms with van der Waals surface area (Å²) in [6.07, 6.45) is -10.4. The second-order valence-electron chi connectivity index (χ2n) is 8.25. The molecule has 16 heteroatoms. The summed E-state index contributed by atoms with van der Waals surface area (Å²) in [4.78, 5) is 9.02. The van der Waals surface area contributed by atoms with Crippen LogP contribution in [0.2, 0.25) is 5.02 Å². The maximum absolute atomic E-state index is 13.5. The lowest BCUT2D eigenvalue weighted by Crippen LogP contribution is -2.30. The van der Waals surface area contributed by atoms with E-state index in [1.165, 1.54) is 18.2 Å². The first-order valence-corrected chi connectivity index (χ1v) is 12.6. The van der Waals surface area contributed by atoms with Crippen LogP contribution in [-0.4, -0.2) is 49.0 Å². The highest BCUT2D eigenvalue weighted by molar-refractivity contribution is 6.55. The molecule has 2 unspecified atom stereocenters. The van der Waals surface area contributed by atoms with Gasteiger partial charge in [-0.05, 0) is 31.1 Å². The van der Waals surface area contributed by atoms with Crippen molar-refractivity contribution in [1.29, 1.82) is 0 Å². The van der Waals surface area contributed by atoms with Gasteiger partial charge in [-0.15, -0.1) is 0 Å². The van der Waals surface area contributed by atoms with Gasteiger partial charge in [0, 0.05) is 30.3 Å². The highest BCUT2D eigenvalue weighted by Crippen LogP contribution is 2.37. The Labute approximate surface area is 238 Å². The monoisotopic (exact) mass is 638 g/mol. The van der Waals surface area contributed by atoms with Gasteiger partial charge in [-0.2, -0.15) is 26.3 Å². The average Bonchev–Trinajstić information content (AvgIpc) is 3.33. The van der Waals surface area contributed by atoms with Gasteiger partial charge < -0.3 is 19.0 Å². The van der Waals surface area contributed by atoms with E-state index in [0.29, 0.717) is 19.0 Å². The van der Waals surface area contributed by atoms with E-state index in [2.05, 4.69) is 10.1 Å². The zero-order valence-corrected chi connectivity index (χ0v) is 22.4. The van der Waals surface area contributed by atoms with Crippen LogP contribution in [0.1, 0.15) is 30.4 Å². The molecule has 2 heterocycles. The Kier molecular flexibility index (Phi) is 11.0. The van der Waals surface area contributed by atoms with Crippen LogP contribution in [0.5, 0.6) is 17.4 Å². The van der Waals surface area contributed by atoms with Gasteiger partial charge in [0.05, 0.1) is 22.9 Å². The number of hydrogen-bond acceptors (Lipinski definition) is 6. The molecule has 1 aromatic carbocycles. The molecule has 0 aliphatic carbocycles. The molecule has 6 nitrogen and oxygen atoms in total. The third-order valence-electron chi connectivity index (χ3n) is 5.26. The first-order chi connectivity index (χ1) is 18.7. The van der Waals surface area contributed by atoms with E-state index < -0.39 is 36.8 Å². The smallest absolute Gasteiger partial charge is 0.423 e. The lowest BCUT2D eigenvalue weighted by atomic mass is 10.0. The molecular formula is C24H20Cl3F7N2O4. The standard InChI is InChI=1S/C24H20Cl3F7N2O4/c25-17-9-15(37-7-5-20(26)27)8-16(22(17)39-12-19(28)24(32,33)34)18-10-14(40-36-18)2-1-6-38-21-4-3-13(11-35-21)23(29,30)31/h3-5,8-9,11,14,19H,1-2,6-7,10,12H2. The normalized spacial score (nSPS) is 16.1. The molecule has 0 bridgehead atoms. The van der Waals surface area contributed by atoms with Gasteiger partial charge in [0.2, 0.25) is 12.1 Å². The number of halogens is 10. The zero-order valence-electron chi connectivity index (χ0n) is 20.2. The fourth-order valence-corrected chi connectivity index (χ4v) is 3.72. The third kappa shape index (κ3) is 9.48. The molecule has 2 aromatic rings. The van der Waals surface area contributed by atoms with Crippen LogP contribution in [0.3, 0.4) is 0 Å². The summed E-state index contributed by atoms with van der Waals surface area (Å²) in [5, 5.41) is 3.82. The second-order valence-corrected chi connectivity index (χ2v) is 9.66. The van der Waals surface area contributed by atoms with Gasteiger partial charge in [-0.25, -0.2) is 9.37 Å². The Hall–Kier alpha value is -2.64. The lowest BCUT2D eigenvalue weighted by molar-refractivity contribution is -0.187. The van der Waals surface area contributed by atoms with Gasteiger partial charge in [0.1, 0.15) is 35.3 Å². The fourth-order valence-electron chi connectivity index (χ4n) is 3.33. The number of benzene rings is 1. The molecule has 0 fully saturated rings. The third-order valence-corrected chi connectivity index (χ3v) is 5.85. The fraction of sp³-hybridized carbons (Fsp3) is 0.417. The summed E-state index contributed by atoms with van der Waals surface area (Å²) >= 11 is 17.3. The molecule has 0 radical (unpaired) electrons. The van der Waals surface area contributed by atoms with Crippen molar-refractivity contribution in [2.75, 3.05) is 19.8 Å².